The van der Waals surface area contributed by atoms with Crippen LogP contribution in [0.15, 0.2) is 18.3 Å². The van der Waals surface area contributed by atoms with E-state index < -0.39 is 0 Å². The van der Waals surface area contributed by atoms with Crippen LogP contribution in [0.4, 0.5) is 4.39 Å². The van der Waals surface area contributed by atoms with Gasteiger partial charge in [0, 0.05) is 6.07 Å². The van der Waals surface area contributed by atoms with E-state index in [0.29, 0.717) is 11.8 Å². The third-order valence-corrected chi connectivity index (χ3v) is 2.89. The van der Waals surface area contributed by atoms with Crippen molar-refractivity contribution in [2.45, 2.75) is 32.1 Å². The van der Waals surface area contributed by atoms with Crippen molar-refractivity contribution in [1.29, 1.82) is 0 Å². The quantitative estimate of drug-likeness (QED) is 0.761. The van der Waals surface area contributed by atoms with E-state index in [1.165, 1.54) is 44.4 Å². The van der Waals surface area contributed by atoms with Gasteiger partial charge in [-0.1, -0.05) is 19.3 Å². The molecule has 1 aliphatic carbocycles. The highest BCUT2D eigenvalue weighted by Gasteiger charge is 2.13. The third kappa shape index (κ3) is 3.18. The smallest absolute Gasteiger partial charge is 0.213 e. The van der Waals surface area contributed by atoms with Gasteiger partial charge in [-0.2, -0.15) is 0 Å². The molecule has 0 aliphatic heterocycles. The summed E-state index contributed by atoms with van der Waals surface area (Å²) in [6.45, 7) is 0.721. The van der Waals surface area contributed by atoms with Crippen LogP contribution in [-0.2, 0) is 0 Å². The maximum atomic E-state index is 12.6. The number of nitrogens with zero attached hydrogens (tertiary/aromatic N) is 1. The Morgan fingerprint density at radius 3 is 2.73 bits per heavy atom. The molecule has 0 spiro atoms. The van der Waals surface area contributed by atoms with Crippen LogP contribution in [0, 0.1) is 11.7 Å². The molecule has 0 radical (unpaired) electrons. The molecule has 1 aromatic rings. The fraction of sp³-hybridized carbons (Fsp3) is 0.583. The van der Waals surface area contributed by atoms with Gasteiger partial charge in [0.1, 0.15) is 5.82 Å². The molecule has 1 heterocycles. The summed E-state index contributed by atoms with van der Waals surface area (Å²) in [6, 6.07) is 2.96. The summed E-state index contributed by atoms with van der Waals surface area (Å²) in [4.78, 5) is 3.87. The zero-order valence-corrected chi connectivity index (χ0v) is 8.79. The highest BCUT2D eigenvalue weighted by Crippen LogP contribution is 2.24. The summed E-state index contributed by atoms with van der Waals surface area (Å²) in [5.74, 6) is 0.868. The van der Waals surface area contributed by atoms with Crippen molar-refractivity contribution < 1.29 is 9.13 Å². The van der Waals surface area contributed by atoms with E-state index in [9.17, 15) is 4.39 Å². The first-order valence-corrected chi connectivity index (χ1v) is 5.59. The molecule has 2 nitrogen and oxygen atoms in total. The van der Waals surface area contributed by atoms with Crippen molar-refractivity contribution in [3.8, 4) is 5.88 Å². The second-order valence-electron chi connectivity index (χ2n) is 4.13. The van der Waals surface area contributed by atoms with Gasteiger partial charge in [-0.3, -0.25) is 0 Å². The molecule has 0 atom stereocenters. The first-order chi connectivity index (χ1) is 7.34. The van der Waals surface area contributed by atoms with Crippen molar-refractivity contribution in [3.05, 3.63) is 24.1 Å². The van der Waals surface area contributed by atoms with E-state index >= 15 is 0 Å². The monoisotopic (exact) mass is 208 g/mol. The molecule has 15 heavy (non-hydrogen) atoms. The zero-order valence-electron chi connectivity index (χ0n) is 8.79. The van der Waals surface area contributed by atoms with Gasteiger partial charge in [-0.05, 0) is 24.8 Å². The number of halogens is 1. The Kier molecular flexibility index (Phi) is 3.54. The molecule has 82 valence electrons. The lowest BCUT2D eigenvalue weighted by atomic mass is 9.90. The Morgan fingerprint density at radius 2 is 2.07 bits per heavy atom. The molecule has 0 N–H and O–H groups in total. The van der Waals surface area contributed by atoms with Crippen molar-refractivity contribution >= 4 is 0 Å². The van der Waals surface area contributed by atoms with Gasteiger partial charge < -0.3 is 4.74 Å². The van der Waals surface area contributed by atoms with Crippen LogP contribution in [0.3, 0.4) is 0 Å². The molecule has 1 aromatic heterocycles. The van der Waals surface area contributed by atoms with E-state index in [1.54, 1.807) is 6.07 Å². The average molecular weight is 208 g/mol. The highest BCUT2D eigenvalue weighted by atomic mass is 18.2. The van der Waals surface area contributed by atoms with Crippen LogP contribution in [0.1, 0.15) is 32.1 Å². The molecule has 2 rings (SSSR count). The van der Waals surface area contributed by atoms with Crippen LogP contribution >= 0.6 is 0 Å². The zero-order chi connectivity index (χ0) is 10.5. The van der Waals surface area contributed by atoms with Crippen LogP contribution in [0.25, 0.3) is 0 Å². The lowest BCUT2D eigenvalue weighted by Gasteiger charge is -2.21. The lowest BCUT2D eigenvalue weighted by Crippen LogP contribution is -2.15. The Balaban J connectivity index is 1.79. The fourth-order valence-corrected chi connectivity index (χ4v) is 2.00. The highest BCUT2D eigenvalue weighted by molar-refractivity contribution is 5.10. The molecular weight excluding hydrogens is 192 g/mol. The van der Waals surface area contributed by atoms with Crippen molar-refractivity contribution in [1.82, 2.24) is 4.98 Å². The van der Waals surface area contributed by atoms with Crippen LogP contribution < -0.4 is 4.74 Å². The standard InChI is InChI=1S/C12H16FNO/c13-11-6-7-12(14-8-11)15-9-10-4-2-1-3-5-10/h6-8,10H,1-5,9H2/i13-1. The van der Waals surface area contributed by atoms with E-state index in [-0.39, 0.29) is 5.82 Å². The molecule has 1 aliphatic rings. The number of aromatic nitrogens is 1. The summed E-state index contributed by atoms with van der Waals surface area (Å²) < 4.78 is 18.1. The van der Waals surface area contributed by atoms with Gasteiger partial charge in [-0.15, -0.1) is 0 Å². The van der Waals surface area contributed by atoms with Crippen LogP contribution in [-0.4, -0.2) is 11.6 Å². The van der Waals surface area contributed by atoms with Gasteiger partial charge in [0.05, 0.1) is 12.8 Å². The Hall–Kier alpha value is -1.12. The van der Waals surface area contributed by atoms with Gasteiger partial charge >= 0.3 is 0 Å². The number of ether oxygens (including phenoxy) is 1. The lowest BCUT2D eigenvalue weighted by molar-refractivity contribution is 0.202. The Labute approximate surface area is 89.5 Å². The van der Waals surface area contributed by atoms with E-state index in [2.05, 4.69) is 4.98 Å². The second kappa shape index (κ2) is 5.10. The minimum absolute atomic E-state index is 0.319. The van der Waals surface area contributed by atoms with Crippen molar-refractivity contribution in [2.75, 3.05) is 6.61 Å². The second-order valence-corrected chi connectivity index (χ2v) is 4.13. The minimum Gasteiger partial charge on any atom is -0.477 e. The predicted octanol–water partition coefficient (Wildman–Crippen LogP) is 3.18. The van der Waals surface area contributed by atoms with E-state index in [1.807, 2.05) is 0 Å². The van der Waals surface area contributed by atoms with Crippen molar-refractivity contribution in [3.63, 3.8) is 0 Å². The SMILES string of the molecule is [18F]c1ccc(OCC2CCCCC2)nc1. The van der Waals surface area contributed by atoms with Crippen LogP contribution in [0.2, 0.25) is 0 Å². The number of rotatable bonds is 3. The topological polar surface area (TPSA) is 22.1 Å². The van der Waals surface area contributed by atoms with Gasteiger partial charge in [0.25, 0.3) is 0 Å². The molecule has 0 bridgehead atoms. The fourth-order valence-electron chi connectivity index (χ4n) is 2.00. The van der Waals surface area contributed by atoms with E-state index in [4.69, 9.17) is 4.74 Å². The van der Waals surface area contributed by atoms with Crippen LogP contribution in [0.5, 0.6) is 5.88 Å². The molecular formula is C12H16FNO. The average Bonchev–Trinajstić information content (AvgIpc) is 2.30. The van der Waals surface area contributed by atoms with E-state index in [0.717, 1.165) is 6.61 Å². The summed E-state index contributed by atoms with van der Waals surface area (Å²) in [6.07, 6.45) is 7.67. The largest absolute Gasteiger partial charge is 0.477 e. The first kappa shape index (κ1) is 10.4. The number of hydrogen-bond acceptors (Lipinski definition) is 2. The minimum atomic E-state index is -0.319. The molecule has 0 aromatic carbocycles. The molecule has 3 heteroatoms. The number of pyridine rings is 1. The predicted molar refractivity (Wildman–Crippen MR) is 56.3 cm³/mol. The Morgan fingerprint density at radius 1 is 1.27 bits per heavy atom. The maximum absolute atomic E-state index is 12.6. The van der Waals surface area contributed by atoms with Gasteiger partial charge in [-0.25, -0.2) is 9.37 Å². The first-order valence-electron chi connectivity index (χ1n) is 5.59. The summed E-state index contributed by atoms with van der Waals surface area (Å²) >= 11 is 0. The van der Waals surface area contributed by atoms with Gasteiger partial charge in [0.15, 0.2) is 0 Å². The summed E-state index contributed by atoms with van der Waals surface area (Å²) in [5.41, 5.74) is 0. The molecule has 1 saturated carbocycles. The maximum Gasteiger partial charge on any atom is 0.213 e. The number of hydrogen-bond donors (Lipinski definition) is 0. The third-order valence-electron chi connectivity index (χ3n) is 2.89. The molecule has 1 fully saturated rings. The summed E-state index contributed by atoms with van der Waals surface area (Å²) in [7, 11) is 0. The molecule has 0 unspecified atom stereocenters. The molecule has 0 amide bonds. The molecule has 0 saturated heterocycles. The van der Waals surface area contributed by atoms with Gasteiger partial charge in [0.2, 0.25) is 5.88 Å². The summed E-state index contributed by atoms with van der Waals surface area (Å²) in [5, 5.41) is 0. The Bertz CT molecular complexity index is 293. The van der Waals surface area contributed by atoms with Crippen molar-refractivity contribution in [2.24, 2.45) is 5.92 Å². The normalized spacial score (nSPS) is 17.7.